The summed E-state index contributed by atoms with van der Waals surface area (Å²) in [5, 5.41) is 2.99. The fourth-order valence-electron chi connectivity index (χ4n) is 2.93. The highest BCUT2D eigenvalue weighted by Gasteiger charge is 2.22. The number of carbonyl (C=O) groups excluding carboxylic acids is 1. The molecule has 0 saturated heterocycles. The van der Waals surface area contributed by atoms with Crippen LogP contribution in [0.4, 0.5) is 5.69 Å². The van der Waals surface area contributed by atoms with Gasteiger partial charge in [-0.25, -0.2) is 0 Å². The summed E-state index contributed by atoms with van der Waals surface area (Å²) in [6.45, 7) is 2.06. The van der Waals surface area contributed by atoms with Crippen molar-refractivity contribution in [2.75, 3.05) is 12.4 Å². The average Bonchev–Trinajstić information content (AvgIpc) is 2.54. The van der Waals surface area contributed by atoms with Crippen molar-refractivity contribution in [3.8, 4) is 5.75 Å². The van der Waals surface area contributed by atoms with Gasteiger partial charge in [-0.15, -0.1) is 0 Å². The van der Waals surface area contributed by atoms with Crippen LogP contribution in [0.25, 0.3) is 0 Å². The van der Waals surface area contributed by atoms with Gasteiger partial charge in [-0.3, -0.25) is 4.79 Å². The number of nitrogens with two attached hydrogens (primary N) is 1. The molecule has 1 aliphatic heterocycles. The smallest absolute Gasteiger partial charge is 0.224 e. The van der Waals surface area contributed by atoms with Crippen LogP contribution in [0.15, 0.2) is 36.4 Å². The van der Waals surface area contributed by atoms with Crippen LogP contribution in [0.2, 0.25) is 0 Å². The Morgan fingerprint density at radius 3 is 2.59 bits per heavy atom. The van der Waals surface area contributed by atoms with Crippen LogP contribution in [-0.2, 0) is 11.2 Å². The highest BCUT2D eigenvalue weighted by atomic mass is 16.5. The van der Waals surface area contributed by atoms with Gasteiger partial charge in [-0.2, -0.15) is 0 Å². The summed E-state index contributed by atoms with van der Waals surface area (Å²) >= 11 is 0. The van der Waals surface area contributed by atoms with Crippen molar-refractivity contribution < 1.29 is 9.53 Å². The van der Waals surface area contributed by atoms with Crippen molar-refractivity contribution in [1.29, 1.82) is 0 Å². The van der Waals surface area contributed by atoms with Crippen LogP contribution in [0, 0.1) is 6.92 Å². The van der Waals surface area contributed by atoms with E-state index in [2.05, 4.69) is 24.4 Å². The number of rotatable bonds is 3. The van der Waals surface area contributed by atoms with E-state index < -0.39 is 0 Å². The Balaban J connectivity index is 2.02. The Kier molecular flexibility index (Phi) is 3.86. The van der Waals surface area contributed by atoms with Crippen LogP contribution in [0.1, 0.15) is 34.7 Å². The first-order valence-corrected chi connectivity index (χ1v) is 7.41. The molecule has 114 valence electrons. The SMILES string of the molecule is COc1ccc(C(N)c2cc(C)cc3c2NC(=O)CC3)cc1. The fourth-order valence-corrected chi connectivity index (χ4v) is 2.93. The lowest BCUT2D eigenvalue weighted by atomic mass is 9.90. The molecule has 22 heavy (non-hydrogen) atoms. The van der Waals surface area contributed by atoms with Gasteiger partial charge in [0, 0.05) is 12.1 Å². The largest absolute Gasteiger partial charge is 0.497 e. The van der Waals surface area contributed by atoms with Gasteiger partial charge in [0.05, 0.1) is 13.2 Å². The zero-order valence-electron chi connectivity index (χ0n) is 12.8. The van der Waals surface area contributed by atoms with Crippen molar-refractivity contribution in [3.05, 3.63) is 58.7 Å². The molecule has 2 aromatic carbocycles. The maximum absolute atomic E-state index is 11.7. The molecular weight excluding hydrogens is 276 g/mol. The second-order valence-electron chi connectivity index (χ2n) is 5.69. The van der Waals surface area contributed by atoms with E-state index in [1.54, 1.807) is 7.11 Å². The third-order valence-electron chi connectivity index (χ3n) is 4.09. The molecule has 0 radical (unpaired) electrons. The van der Waals surface area contributed by atoms with E-state index in [0.29, 0.717) is 6.42 Å². The maximum atomic E-state index is 11.7. The highest BCUT2D eigenvalue weighted by Crippen LogP contribution is 2.34. The van der Waals surface area contributed by atoms with Crippen LogP contribution in [-0.4, -0.2) is 13.0 Å². The lowest BCUT2D eigenvalue weighted by Gasteiger charge is -2.24. The molecule has 1 atom stereocenters. The van der Waals surface area contributed by atoms with Gasteiger partial charge < -0.3 is 15.8 Å². The number of methoxy groups -OCH3 is 1. The second kappa shape index (κ2) is 5.81. The third-order valence-corrected chi connectivity index (χ3v) is 4.09. The molecule has 1 unspecified atom stereocenters. The first-order valence-electron chi connectivity index (χ1n) is 7.41. The van der Waals surface area contributed by atoms with E-state index >= 15 is 0 Å². The summed E-state index contributed by atoms with van der Waals surface area (Å²) in [4.78, 5) is 11.7. The van der Waals surface area contributed by atoms with Crippen molar-refractivity contribution >= 4 is 11.6 Å². The molecule has 4 nitrogen and oxygen atoms in total. The van der Waals surface area contributed by atoms with E-state index in [1.165, 1.54) is 5.56 Å². The summed E-state index contributed by atoms with van der Waals surface area (Å²) < 4.78 is 5.18. The first-order chi connectivity index (χ1) is 10.6. The minimum atomic E-state index is -0.280. The molecule has 0 spiro atoms. The monoisotopic (exact) mass is 296 g/mol. The van der Waals surface area contributed by atoms with Crippen LogP contribution in [0.5, 0.6) is 5.75 Å². The van der Waals surface area contributed by atoms with E-state index in [4.69, 9.17) is 10.5 Å². The molecule has 0 aliphatic carbocycles. The Morgan fingerprint density at radius 2 is 1.91 bits per heavy atom. The number of benzene rings is 2. The highest BCUT2D eigenvalue weighted by molar-refractivity contribution is 5.95. The zero-order valence-corrected chi connectivity index (χ0v) is 12.8. The summed E-state index contributed by atoms with van der Waals surface area (Å²) in [5.74, 6) is 0.857. The number of ether oxygens (including phenoxy) is 1. The Bertz CT molecular complexity index is 708. The predicted octanol–water partition coefficient (Wildman–Crippen LogP) is 2.94. The number of fused-ring (bicyclic) bond motifs is 1. The Labute approximate surface area is 130 Å². The van der Waals surface area contributed by atoms with Crippen molar-refractivity contribution in [2.45, 2.75) is 25.8 Å². The third kappa shape index (κ3) is 2.70. The van der Waals surface area contributed by atoms with E-state index in [9.17, 15) is 4.79 Å². The lowest BCUT2D eigenvalue weighted by Crippen LogP contribution is -2.23. The maximum Gasteiger partial charge on any atom is 0.224 e. The molecule has 0 saturated carbocycles. The minimum absolute atomic E-state index is 0.0551. The first kappa shape index (κ1) is 14.6. The quantitative estimate of drug-likeness (QED) is 0.915. The number of hydrogen-bond donors (Lipinski definition) is 2. The minimum Gasteiger partial charge on any atom is -0.497 e. The van der Waals surface area contributed by atoms with E-state index in [1.807, 2.05) is 24.3 Å². The standard InChI is InChI=1S/C18H20N2O2/c1-11-9-13-5-8-16(21)20-18(13)15(10-11)17(19)12-3-6-14(22-2)7-4-12/h3-4,6-7,9-10,17H,5,8,19H2,1-2H3,(H,20,21). The molecule has 1 amide bonds. The fraction of sp³-hybridized carbons (Fsp3) is 0.278. The molecular formula is C18H20N2O2. The molecule has 0 aromatic heterocycles. The molecule has 4 heteroatoms. The average molecular weight is 296 g/mol. The van der Waals surface area contributed by atoms with Gasteiger partial charge >= 0.3 is 0 Å². The number of anilines is 1. The van der Waals surface area contributed by atoms with E-state index in [0.717, 1.165) is 34.5 Å². The molecule has 3 rings (SSSR count). The molecule has 0 fully saturated rings. The van der Waals surface area contributed by atoms with Crippen LogP contribution < -0.4 is 15.8 Å². The molecule has 1 heterocycles. The van der Waals surface area contributed by atoms with Gasteiger partial charge in [0.2, 0.25) is 5.91 Å². The van der Waals surface area contributed by atoms with Crippen LogP contribution >= 0.6 is 0 Å². The number of nitrogens with one attached hydrogen (secondary N) is 1. The molecule has 1 aliphatic rings. The van der Waals surface area contributed by atoms with Crippen molar-refractivity contribution in [3.63, 3.8) is 0 Å². The van der Waals surface area contributed by atoms with Crippen LogP contribution in [0.3, 0.4) is 0 Å². The predicted molar refractivity (Wildman–Crippen MR) is 87.2 cm³/mol. The summed E-state index contributed by atoms with van der Waals surface area (Å²) in [6.07, 6.45) is 1.30. The Morgan fingerprint density at radius 1 is 1.18 bits per heavy atom. The van der Waals surface area contributed by atoms with E-state index in [-0.39, 0.29) is 11.9 Å². The van der Waals surface area contributed by atoms with Gasteiger partial charge in [0.1, 0.15) is 5.75 Å². The number of carbonyl (C=O) groups is 1. The Hall–Kier alpha value is -2.33. The lowest BCUT2D eigenvalue weighted by molar-refractivity contribution is -0.116. The van der Waals surface area contributed by atoms with Gasteiger partial charge in [-0.1, -0.05) is 29.8 Å². The van der Waals surface area contributed by atoms with Gasteiger partial charge in [0.25, 0.3) is 0 Å². The zero-order chi connectivity index (χ0) is 15.7. The van der Waals surface area contributed by atoms with Gasteiger partial charge in [-0.05, 0) is 42.2 Å². The second-order valence-corrected chi connectivity index (χ2v) is 5.69. The summed E-state index contributed by atoms with van der Waals surface area (Å²) in [5.41, 5.74) is 11.6. The number of hydrogen-bond acceptors (Lipinski definition) is 3. The molecule has 0 bridgehead atoms. The summed E-state index contributed by atoms with van der Waals surface area (Å²) in [6, 6.07) is 11.6. The molecule has 2 aromatic rings. The molecule has 3 N–H and O–H groups in total. The van der Waals surface area contributed by atoms with Gasteiger partial charge in [0.15, 0.2) is 0 Å². The van der Waals surface area contributed by atoms with Crippen molar-refractivity contribution in [1.82, 2.24) is 0 Å². The number of amides is 1. The summed E-state index contributed by atoms with van der Waals surface area (Å²) in [7, 11) is 1.64. The number of aryl methyl sites for hydroxylation is 2. The topological polar surface area (TPSA) is 64.3 Å². The van der Waals surface area contributed by atoms with Crippen molar-refractivity contribution in [2.24, 2.45) is 5.73 Å². The normalized spacial score (nSPS) is 15.0.